The lowest BCUT2D eigenvalue weighted by atomic mass is 9.97. The summed E-state index contributed by atoms with van der Waals surface area (Å²) in [5.74, 6) is 0. The molecular weight excluding hydrogens is 222 g/mol. The standard InChI is InChI=1S/C15H11N3/c16-8-6-12-10-18-15-13(7-9-17-15)14(12)11-4-2-1-3-5-11/h1-5,7,9-10H,6H2,(H,17,18). The van der Waals surface area contributed by atoms with E-state index in [1.807, 2.05) is 30.5 Å². The van der Waals surface area contributed by atoms with Crippen LogP contribution in [0.1, 0.15) is 5.56 Å². The van der Waals surface area contributed by atoms with Gasteiger partial charge in [0.15, 0.2) is 0 Å². The fourth-order valence-corrected chi connectivity index (χ4v) is 2.21. The summed E-state index contributed by atoms with van der Waals surface area (Å²) < 4.78 is 0. The number of H-pyrrole nitrogens is 1. The van der Waals surface area contributed by atoms with E-state index in [0.717, 1.165) is 27.7 Å². The highest BCUT2D eigenvalue weighted by Crippen LogP contribution is 2.30. The Bertz CT molecular complexity index is 720. The second-order valence-corrected chi connectivity index (χ2v) is 4.10. The van der Waals surface area contributed by atoms with Gasteiger partial charge < -0.3 is 4.98 Å². The quantitative estimate of drug-likeness (QED) is 0.738. The average Bonchev–Trinajstić information content (AvgIpc) is 2.88. The van der Waals surface area contributed by atoms with Gasteiger partial charge >= 0.3 is 0 Å². The Hall–Kier alpha value is -2.60. The van der Waals surface area contributed by atoms with Crippen molar-refractivity contribution in [3.63, 3.8) is 0 Å². The zero-order valence-electron chi connectivity index (χ0n) is 9.72. The monoisotopic (exact) mass is 233 g/mol. The first-order chi connectivity index (χ1) is 8.90. The van der Waals surface area contributed by atoms with Crippen molar-refractivity contribution in [2.24, 2.45) is 0 Å². The number of nitrogens with one attached hydrogen (secondary N) is 1. The number of nitriles is 1. The van der Waals surface area contributed by atoms with E-state index in [0.29, 0.717) is 6.42 Å². The van der Waals surface area contributed by atoms with Crippen LogP contribution in [0.4, 0.5) is 0 Å². The van der Waals surface area contributed by atoms with Gasteiger partial charge in [-0.1, -0.05) is 30.3 Å². The van der Waals surface area contributed by atoms with E-state index in [4.69, 9.17) is 5.26 Å². The van der Waals surface area contributed by atoms with E-state index < -0.39 is 0 Å². The van der Waals surface area contributed by atoms with E-state index in [9.17, 15) is 0 Å². The van der Waals surface area contributed by atoms with Crippen LogP contribution in [-0.2, 0) is 6.42 Å². The fraction of sp³-hybridized carbons (Fsp3) is 0.0667. The van der Waals surface area contributed by atoms with Crippen LogP contribution in [0.15, 0.2) is 48.8 Å². The third kappa shape index (κ3) is 1.64. The summed E-state index contributed by atoms with van der Waals surface area (Å²) >= 11 is 0. The van der Waals surface area contributed by atoms with Gasteiger partial charge in [-0.25, -0.2) is 4.98 Å². The largest absolute Gasteiger partial charge is 0.346 e. The number of fused-ring (bicyclic) bond motifs is 1. The third-order valence-corrected chi connectivity index (χ3v) is 3.00. The summed E-state index contributed by atoms with van der Waals surface area (Å²) in [5, 5.41) is 9.99. The van der Waals surface area contributed by atoms with Gasteiger partial charge in [-0.05, 0) is 22.8 Å². The molecule has 3 rings (SSSR count). The summed E-state index contributed by atoms with van der Waals surface area (Å²) in [6, 6.07) is 14.3. The van der Waals surface area contributed by atoms with E-state index >= 15 is 0 Å². The number of hydrogen-bond donors (Lipinski definition) is 1. The van der Waals surface area contributed by atoms with Crippen molar-refractivity contribution >= 4 is 11.0 Å². The summed E-state index contributed by atoms with van der Waals surface area (Å²) in [6.45, 7) is 0. The average molecular weight is 233 g/mol. The van der Waals surface area contributed by atoms with Gasteiger partial charge in [-0.3, -0.25) is 0 Å². The zero-order chi connectivity index (χ0) is 12.4. The Balaban J connectivity index is 2.33. The molecule has 0 aliphatic rings. The van der Waals surface area contributed by atoms with Crippen molar-refractivity contribution in [3.05, 3.63) is 54.4 Å². The lowest BCUT2D eigenvalue weighted by molar-refractivity contribution is 1.21. The molecule has 0 aliphatic heterocycles. The first-order valence-electron chi connectivity index (χ1n) is 5.77. The highest BCUT2D eigenvalue weighted by atomic mass is 14.8. The third-order valence-electron chi connectivity index (χ3n) is 3.00. The summed E-state index contributed by atoms with van der Waals surface area (Å²) in [7, 11) is 0. The normalized spacial score (nSPS) is 10.4. The SMILES string of the molecule is N#CCc1cnc2[nH]ccc2c1-c1ccccc1. The Kier molecular flexibility index (Phi) is 2.54. The summed E-state index contributed by atoms with van der Waals surface area (Å²) in [4.78, 5) is 7.44. The van der Waals surface area contributed by atoms with Gasteiger partial charge in [0.1, 0.15) is 5.65 Å². The molecule has 0 radical (unpaired) electrons. The molecule has 2 aromatic heterocycles. The number of aromatic nitrogens is 2. The molecule has 3 heteroatoms. The van der Waals surface area contributed by atoms with Crippen molar-refractivity contribution in [2.45, 2.75) is 6.42 Å². The molecule has 1 N–H and O–H groups in total. The van der Waals surface area contributed by atoms with E-state index in [2.05, 4.69) is 28.2 Å². The predicted octanol–water partition coefficient (Wildman–Crippen LogP) is 3.30. The molecule has 0 saturated carbocycles. The summed E-state index contributed by atoms with van der Waals surface area (Å²) in [6.07, 6.45) is 4.03. The van der Waals surface area contributed by atoms with Gasteiger partial charge in [0.25, 0.3) is 0 Å². The minimum absolute atomic E-state index is 0.373. The number of hydrogen-bond acceptors (Lipinski definition) is 2. The van der Waals surface area contributed by atoms with E-state index in [1.165, 1.54) is 0 Å². The van der Waals surface area contributed by atoms with Crippen LogP contribution in [0.3, 0.4) is 0 Å². The van der Waals surface area contributed by atoms with Crippen molar-refractivity contribution < 1.29 is 0 Å². The number of nitrogens with zero attached hydrogens (tertiary/aromatic N) is 2. The van der Waals surface area contributed by atoms with Crippen LogP contribution in [-0.4, -0.2) is 9.97 Å². The van der Waals surface area contributed by atoms with Crippen LogP contribution in [0.25, 0.3) is 22.2 Å². The molecule has 0 atom stereocenters. The Labute approximate surface area is 105 Å². The highest BCUT2D eigenvalue weighted by Gasteiger charge is 2.11. The molecule has 0 aliphatic carbocycles. The van der Waals surface area contributed by atoms with E-state index in [1.54, 1.807) is 6.20 Å². The zero-order valence-corrected chi connectivity index (χ0v) is 9.72. The van der Waals surface area contributed by atoms with Crippen LogP contribution in [0.5, 0.6) is 0 Å². The van der Waals surface area contributed by atoms with Crippen LogP contribution < -0.4 is 0 Å². The van der Waals surface area contributed by atoms with Crippen LogP contribution in [0, 0.1) is 11.3 Å². The molecule has 2 heterocycles. The topological polar surface area (TPSA) is 52.5 Å². The maximum atomic E-state index is 8.93. The van der Waals surface area contributed by atoms with Crippen molar-refractivity contribution in [2.75, 3.05) is 0 Å². The van der Waals surface area contributed by atoms with Gasteiger partial charge in [-0.2, -0.15) is 5.26 Å². The smallest absolute Gasteiger partial charge is 0.137 e. The van der Waals surface area contributed by atoms with E-state index in [-0.39, 0.29) is 0 Å². The molecule has 18 heavy (non-hydrogen) atoms. The van der Waals surface area contributed by atoms with Crippen molar-refractivity contribution in [3.8, 4) is 17.2 Å². The van der Waals surface area contributed by atoms with Gasteiger partial charge in [0.2, 0.25) is 0 Å². The van der Waals surface area contributed by atoms with Crippen molar-refractivity contribution in [1.82, 2.24) is 9.97 Å². The van der Waals surface area contributed by atoms with Gasteiger partial charge in [0, 0.05) is 17.8 Å². The number of rotatable bonds is 2. The Morgan fingerprint density at radius 3 is 2.78 bits per heavy atom. The summed E-state index contributed by atoms with van der Waals surface area (Å²) in [5.41, 5.74) is 4.05. The maximum Gasteiger partial charge on any atom is 0.137 e. The second-order valence-electron chi connectivity index (χ2n) is 4.10. The number of aromatic amines is 1. The lowest BCUT2D eigenvalue weighted by Gasteiger charge is -2.08. The first kappa shape index (κ1) is 10.5. The molecule has 3 nitrogen and oxygen atoms in total. The molecule has 0 spiro atoms. The molecule has 0 fully saturated rings. The Morgan fingerprint density at radius 1 is 1.17 bits per heavy atom. The van der Waals surface area contributed by atoms with Crippen LogP contribution in [0.2, 0.25) is 0 Å². The molecule has 0 bridgehead atoms. The molecule has 0 saturated heterocycles. The highest BCUT2D eigenvalue weighted by molar-refractivity contribution is 5.94. The minimum Gasteiger partial charge on any atom is -0.346 e. The molecular formula is C15H11N3. The number of benzene rings is 1. The van der Waals surface area contributed by atoms with Gasteiger partial charge in [0.05, 0.1) is 12.5 Å². The molecule has 1 aromatic carbocycles. The second kappa shape index (κ2) is 4.34. The molecule has 3 aromatic rings. The van der Waals surface area contributed by atoms with Crippen LogP contribution >= 0.6 is 0 Å². The Morgan fingerprint density at radius 2 is 2.00 bits per heavy atom. The molecule has 86 valence electrons. The first-order valence-corrected chi connectivity index (χ1v) is 5.77. The molecule has 0 unspecified atom stereocenters. The molecule has 0 amide bonds. The van der Waals surface area contributed by atoms with Crippen molar-refractivity contribution in [1.29, 1.82) is 5.26 Å². The maximum absolute atomic E-state index is 8.93. The predicted molar refractivity (Wildman–Crippen MR) is 70.8 cm³/mol. The lowest BCUT2D eigenvalue weighted by Crippen LogP contribution is -1.92. The minimum atomic E-state index is 0.373. The fourth-order valence-electron chi connectivity index (χ4n) is 2.21. The number of pyridine rings is 1. The van der Waals surface area contributed by atoms with Gasteiger partial charge in [-0.15, -0.1) is 0 Å².